The molecule has 1 aromatic carbocycles. The number of halogens is 1. The van der Waals surface area contributed by atoms with Gasteiger partial charge in [0, 0.05) is 23.2 Å². The first-order valence-corrected chi connectivity index (χ1v) is 7.24. The van der Waals surface area contributed by atoms with Gasteiger partial charge in [-0.2, -0.15) is 0 Å². The molecule has 0 bridgehead atoms. The lowest BCUT2D eigenvalue weighted by atomic mass is 10.1. The Labute approximate surface area is 124 Å². The van der Waals surface area contributed by atoms with Gasteiger partial charge in [-0.05, 0) is 40.9 Å². The Bertz CT molecular complexity index is 701. The van der Waals surface area contributed by atoms with Crippen molar-refractivity contribution in [2.75, 3.05) is 12.5 Å². The second-order valence-electron chi connectivity index (χ2n) is 5.01. The predicted octanol–water partition coefficient (Wildman–Crippen LogP) is 3.09. The maximum Gasteiger partial charge on any atom is 0.231 e. The fourth-order valence-corrected chi connectivity index (χ4v) is 2.86. The van der Waals surface area contributed by atoms with Crippen LogP contribution in [0.15, 0.2) is 22.7 Å². The Kier molecular flexibility index (Phi) is 2.60. The van der Waals surface area contributed by atoms with Crippen LogP contribution < -0.4 is 15.2 Å². The molecular formula is C14H12BrN3O2. The molecular weight excluding hydrogens is 322 g/mol. The number of hydrogen-bond donors (Lipinski definition) is 1. The van der Waals surface area contributed by atoms with Gasteiger partial charge in [-0.25, -0.2) is 9.97 Å². The van der Waals surface area contributed by atoms with Gasteiger partial charge in [0.25, 0.3) is 0 Å². The van der Waals surface area contributed by atoms with Gasteiger partial charge in [-0.3, -0.25) is 0 Å². The minimum Gasteiger partial charge on any atom is -0.454 e. The van der Waals surface area contributed by atoms with Gasteiger partial charge in [-0.15, -0.1) is 0 Å². The molecule has 0 amide bonds. The van der Waals surface area contributed by atoms with Crippen LogP contribution >= 0.6 is 15.9 Å². The van der Waals surface area contributed by atoms with Crippen LogP contribution in [0.3, 0.4) is 0 Å². The highest BCUT2D eigenvalue weighted by Crippen LogP contribution is 2.43. The van der Waals surface area contributed by atoms with E-state index in [4.69, 9.17) is 15.2 Å². The summed E-state index contributed by atoms with van der Waals surface area (Å²) in [5.74, 6) is 3.10. The van der Waals surface area contributed by atoms with Crippen LogP contribution in [0.2, 0.25) is 0 Å². The number of ether oxygens (including phenoxy) is 2. The van der Waals surface area contributed by atoms with Crippen LogP contribution in [0.4, 0.5) is 5.82 Å². The largest absolute Gasteiger partial charge is 0.454 e. The Hall–Kier alpha value is -1.82. The third-order valence-electron chi connectivity index (χ3n) is 3.45. The predicted molar refractivity (Wildman–Crippen MR) is 77.7 cm³/mol. The fraction of sp³-hybridized carbons (Fsp3) is 0.286. The van der Waals surface area contributed by atoms with Gasteiger partial charge in [-0.1, -0.05) is 0 Å². The van der Waals surface area contributed by atoms with Crippen molar-refractivity contribution >= 4 is 21.7 Å². The lowest BCUT2D eigenvalue weighted by molar-refractivity contribution is 0.173. The molecule has 0 atom stereocenters. The molecule has 6 heteroatoms. The highest BCUT2D eigenvalue weighted by molar-refractivity contribution is 9.10. The number of benzene rings is 1. The molecule has 2 aromatic rings. The summed E-state index contributed by atoms with van der Waals surface area (Å²) in [6.07, 6.45) is 2.36. The summed E-state index contributed by atoms with van der Waals surface area (Å²) in [7, 11) is 0. The van der Waals surface area contributed by atoms with Crippen LogP contribution in [0, 0.1) is 0 Å². The van der Waals surface area contributed by atoms with E-state index in [1.165, 1.54) is 12.8 Å². The quantitative estimate of drug-likeness (QED) is 0.914. The maximum atomic E-state index is 5.89. The zero-order valence-electron chi connectivity index (χ0n) is 10.6. The Morgan fingerprint density at radius 2 is 2.00 bits per heavy atom. The topological polar surface area (TPSA) is 70.3 Å². The van der Waals surface area contributed by atoms with Crippen molar-refractivity contribution < 1.29 is 9.47 Å². The van der Waals surface area contributed by atoms with Gasteiger partial charge < -0.3 is 15.2 Å². The van der Waals surface area contributed by atoms with Crippen LogP contribution in [0.5, 0.6) is 11.5 Å². The summed E-state index contributed by atoms with van der Waals surface area (Å²) in [6.45, 7) is 0.239. The summed E-state index contributed by atoms with van der Waals surface area (Å²) in [5.41, 5.74) is 7.79. The normalized spacial score (nSPS) is 16.4. The van der Waals surface area contributed by atoms with Crippen molar-refractivity contribution in [1.82, 2.24) is 9.97 Å². The molecule has 0 saturated heterocycles. The van der Waals surface area contributed by atoms with E-state index < -0.39 is 0 Å². The lowest BCUT2D eigenvalue weighted by Gasteiger charge is -2.07. The molecule has 4 rings (SSSR count). The van der Waals surface area contributed by atoms with Crippen molar-refractivity contribution in [2.45, 2.75) is 18.8 Å². The highest BCUT2D eigenvalue weighted by Gasteiger charge is 2.26. The van der Waals surface area contributed by atoms with Crippen LogP contribution in [-0.2, 0) is 0 Å². The third-order valence-corrected chi connectivity index (χ3v) is 4.04. The van der Waals surface area contributed by atoms with E-state index in [2.05, 4.69) is 25.9 Å². The molecule has 1 saturated carbocycles. The van der Waals surface area contributed by atoms with Crippen molar-refractivity contribution in [3.05, 3.63) is 28.4 Å². The number of nitrogens with zero attached hydrogens (tertiary/aromatic N) is 2. The first-order chi connectivity index (χ1) is 9.70. The zero-order chi connectivity index (χ0) is 13.7. The zero-order valence-corrected chi connectivity index (χ0v) is 12.2. The highest BCUT2D eigenvalue weighted by atomic mass is 79.9. The molecule has 0 spiro atoms. The molecule has 0 radical (unpaired) electrons. The van der Waals surface area contributed by atoms with E-state index >= 15 is 0 Å². The first-order valence-electron chi connectivity index (χ1n) is 6.44. The molecule has 0 unspecified atom stereocenters. The molecule has 5 nitrogen and oxygen atoms in total. The molecule has 1 aromatic heterocycles. The average Bonchev–Trinajstić information content (AvgIpc) is 3.16. The molecule has 2 heterocycles. The molecule has 1 fully saturated rings. The monoisotopic (exact) mass is 333 g/mol. The standard InChI is InChI=1S/C14H12BrN3O2/c15-9-3-8(4-11-13(9)20-6-19-11)14-17-10(7-1-2-7)5-12(16)18-14/h3-5,7H,1-2,6H2,(H2,16,17,18). The van der Waals surface area contributed by atoms with E-state index in [0.717, 1.165) is 21.5 Å². The molecule has 1 aliphatic heterocycles. The summed E-state index contributed by atoms with van der Waals surface area (Å²) < 4.78 is 11.6. The van der Waals surface area contributed by atoms with Gasteiger partial charge >= 0.3 is 0 Å². The minimum absolute atomic E-state index is 0.239. The first kappa shape index (κ1) is 12.0. The Balaban J connectivity index is 1.82. The number of aromatic nitrogens is 2. The number of hydrogen-bond acceptors (Lipinski definition) is 5. The summed E-state index contributed by atoms with van der Waals surface area (Å²) in [6, 6.07) is 5.68. The van der Waals surface area contributed by atoms with Crippen LogP contribution in [0.1, 0.15) is 24.5 Å². The van der Waals surface area contributed by atoms with Crippen molar-refractivity contribution in [1.29, 1.82) is 0 Å². The molecule has 1 aliphatic carbocycles. The molecule has 2 aliphatic rings. The average molecular weight is 334 g/mol. The smallest absolute Gasteiger partial charge is 0.231 e. The summed E-state index contributed by atoms with van der Waals surface area (Å²) in [4.78, 5) is 8.95. The minimum atomic E-state index is 0.239. The molecule has 20 heavy (non-hydrogen) atoms. The van der Waals surface area contributed by atoms with Crippen molar-refractivity contribution in [2.24, 2.45) is 0 Å². The Morgan fingerprint density at radius 1 is 1.15 bits per heavy atom. The third kappa shape index (κ3) is 2.00. The molecule has 2 N–H and O–H groups in total. The van der Waals surface area contributed by atoms with E-state index in [9.17, 15) is 0 Å². The fourth-order valence-electron chi connectivity index (χ4n) is 2.30. The number of anilines is 1. The summed E-state index contributed by atoms with van der Waals surface area (Å²) >= 11 is 3.48. The molecule has 102 valence electrons. The van der Waals surface area contributed by atoms with Crippen LogP contribution in [0.25, 0.3) is 11.4 Å². The van der Waals surface area contributed by atoms with E-state index in [1.807, 2.05) is 18.2 Å². The summed E-state index contributed by atoms with van der Waals surface area (Å²) in [5, 5.41) is 0. The lowest BCUT2D eigenvalue weighted by Crippen LogP contribution is -1.99. The number of rotatable bonds is 2. The maximum absolute atomic E-state index is 5.89. The SMILES string of the molecule is Nc1cc(C2CC2)nc(-c2cc(Br)c3c(c2)OCO3)n1. The van der Waals surface area contributed by atoms with Gasteiger partial charge in [0.2, 0.25) is 6.79 Å². The Morgan fingerprint density at radius 3 is 2.80 bits per heavy atom. The van der Waals surface area contributed by atoms with E-state index in [-0.39, 0.29) is 6.79 Å². The van der Waals surface area contributed by atoms with E-state index in [1.54, 1.807) is 0 Å². The number of fused-ring (bicyclic) bond motifs is 1. The van der Waals surface area contributed by atoms with Crippen LogP contribution in [-0.4, -0.2) is 16.8 Å². The second kappa shape index (κ2) is 4.34. The van der Waals surface area contributed by atoms with E-state index in [0.29, 0.717) is 23.3 Å². The second-order valence-corrected chi connectivity index (χ2v) is 5.86. The van der Waals surface area contributed by atoms with Gasteiger partial charge in [0.05, 0.1) is 4.47 Å². The van der Waals surface area contributed by atoms with Crippen molar-refractivity contribution in [3.63, 3.8) is 0 Å². The van der Waals surface area contributed by atoms with Gasteiger partial charge in [0.15, 0.2) is 17.3 Å². The van der Waals surface area contributed by atoms with Gasteiger partial charge in [0.1, 0.15) is 5.82 Å². The number of nitrogen functional groups attached to an aromatic ring is 1. The number of nitrogens with two attached hydrogens (primary N) is 1. The van der Waals surface area contributed by atoms with Crippen molar-refractivity contribution in [3.8, 4) is 22.9 Å².